The van der Waals surface area contributed by atoms with Crippen LogP contribution in [0.5, 0.6) is 0 Å². The molecule has 0 radical (unpaired) electrons. The predicted molar refractivity (Wildman–Crippen MR) is 76.0 cm³/mol. The van der Waals surface area contributed by atoms with E-state index in [4.69, 9.17) is 4.74 Å². The average Bonchev–Trinajstić information content (AvgIpc) is 2.71. The Labute approximate surface area is 125 Å². The maximum Gasteiger partial charge on any atom is 0.329 e. The molecule has 21 heavy (non-hydrogen) atoms. The van der Waals surface area contributed by atoms with Crippen molar-refractivity contribution in [3.8, 4) is 0 Å². The predicted octanol–water partition coefficient (Wildman–Crippen LogP) is 0.684. The van der Waals surface area contributed by atoms with Crippen LogP contribution in [0.15, 0.2) is 0 Å². The van der Waals surface area contributed by atoms with Crippen LogP contribution in [-0.2, 0) is 28.6 Å². The molecule has 8 heteroatoms. The van der Waals surface area contributed by atoms with E-state index in [-0.39, 0.29) is 0 Å². The minimum Gasteiger partial charge on any atom is -0.458 e. The summed E-state index contributed by atoms with van der Waals surface area (Å²) in [5.41, 5.74) is -0.636. The highest BCUT2D eigenvalue weighted by Gasteiger charge is 2.39. The number of esters is 1. The van der Waals surface area contributed by atoms with Crippen molar-refractivity contribution < 1.29 is 26.9 Å². The number of rotatable bonds is 4. The van der Waals surface area contributed by atoms with Gasteiger partial charge in [0.05, 0.1) is 6.26 Å². The number of ether oxygens (including phenoxy) is 1. The topological polar surface area (TPSA) is 90.0 Å². The molecule has 0 aromatic heterocycles. The van der Waals surface area contributed by atoms with Gasteiger partial charge in [0.2, 0.25) is 0 Å². The first-order valence-electron chi connectivity index (χ1n) is 6.82. The van der Waals surface area contributed by atoms with Gasteiger partial charge in [0.1, 0.15) is 11.6 Å². The van der Waals surface area contributed by atoms with E-state index in [1.807, 2.05) is 0 Å². The van der Waals surface area contributed by atoms with Crippen molar-refractivity contribution in [1.82, 2.24) is 4.90 Å². The van der Waals surface area contributed by atoms with Gasteiger partial charge in [0.15, 0.2) is 6.10 Å². The summed E-state index contributed by atoms with van der Waals surface area (Å²) >= 11 is 0. The first-order chi connectivity index (χ1) is 9.41. The molecule has 0 unspecified atom stereocenters. The first-order valence-corrected chi connectivity index (χ1v) is 8.64. The van der Waals surface area contributed by atoms with Crippen molar-refractivity contribution >= 4 is 22.0 Å². The Morgan fingerprint density at radius 3 is 2.33 bits per heavy atom. The van der Waals surface area contributed by atoms with E-state index < -0.39 is 39.7 Å². The Balaban J connectivity index is 2.77. The quantitative estimate of drug-likeness (QED) is 0.559. The standard InChI is InChI=1S/C13H23NO6S/c1-9(20-21(5,17)18)11(15)14-8-6-7-10(14)12(16)19-13(2,3)4/h9-10H,6-8H2,1-5H3/t9-,10+/m1/s1. The van der Waals surface area contributed by atoms with E-state index >= 15 is 0 Å². The van der Waals surface area contributed by atoms with Gasteiger partial charge in [-0.2, -0.15) is 8.42 Å². The molecular weight excluding hydrogens is 298 g/mol. The fourth-order valence-corrected chi connectivity index (χ4v) is 2.79. The Hall–Kier alpha value is -1.15. The third-order valence-electron chi connectivity index (χ3n) is 2.88. The second-order valence-electron chi connectivity index (χ2n) is 6.17. The van der Waals surface area contributed by atoms with Gasteiger partial charge in [-0.3, -0.25) is 8.98 Å². The summed E-state index contributed by atoms with van der Waals surface area (Å²) in [6.07, 6.45) is 0.905. The number of nitrogens with zero attached hydrogens (tertiary/aromatic N) is 1. The van der Waals surface area contributed by atoms with Crippen LogP contribution in [-0.4, -0.2) is 55.7 Å². The van der Waals surface area contributed by atoms with Crippen molar-refractivity contribution in [2.75, 3.05) is 12.8 Å². The van der Waals surface area contributed by atoms with Crippen molar-refractivity contribution in [2.45, 2.75) is 58.3 Å². The molecule has 0 aromatic carbocycles. The molecule has 1 fully saturated rings. The number of carbonyl (C=O) groups is 2. The third-order valence-corrected chi connectivity index (χ3v) is 3.52. The molecule has 1 saturated heterocycles. The third kappa shape index (κ3) is 5.62. The summed E-state index contributed by atoms with van der Waals surface area (Å²) in [5.74, 6) is -0.992. The van der Waals surface area contributed by atoms with Crippen LogP contribution in [0.4, 0.5) is 0 Å². The minimum atomic E-state index is -3.73. The maximum atomic E-state index is 12.2. The molecule has 2 atom stereocenters. The lowest BCUT2D eigenvalue weighted by molar-refractivity contribution is -0.164. The summed E-state index contributed by atoms with van der Waals surface area (Å²) in [6, 6.07) is -0.678. The van der Waals surface area contributed by atoms with Crippen LogP contribution in [0, 0.1) is 0 Å². The summed E-state index contributed by atoms with van der Waals surface area (Å²) < 4.78 is 32.1. The highest BCUT2D eigenvalue weighted by Crippen LogP contribution is 2.22. The molecule has 122 valence electrons. The summed E-state index contributed by atoms with van der Waals surface area (Å²) in [5, 5.41) is 0. The number of hydrogen-bond acceptors (Lipinski definition) is 6. The van der Waals surface area contributed by atoms with Crippen LogP contribution < -0.4 is 0 Å². The Bertz CT molecular complexity index is 507. The van der Waals surface area contributed by atoms with Gasteiger partial charge in [-0.1, -0.05) is 0 Å². The van der Waals surface area contributed by atoms with Gasteiger partial charge in [-0.15, -0.1) is 0 Å². The van der Waals surface area contributed by atoms with Crippen molar-refractivity contribution in [1.29, 1.82) is 0 Å². The molecule has 1 heterocycles. The number of hydrogen-bond donors (Lipinski definition) is 0. The fourth-order valence-electron chi connectivity index (χ4n) is 2.18. The Morgan fingerprint density at radius 1 is 1.29 bits per heavy atom. The lowest BCUT2D eigenvalue weighted by Gasteiger charge is -2.28. The van der Waals surface area contributed by atoms with Gasteiger partial charge in [-0.25, -0.2) is 4.79 Å². The maximum absolute atomic E-state index is 12.2. The van der Waals surface area contributed by atoms with Crippen molar-refractivity contribution in [3.05, 3.63) is 0 Å². The van der Waals surface area contributed by atoms with Gasteiger partial charge in [-0.05, 0) is 40.5 Å². The molecule has 1 aliphatic rings. The zero-order valence-electron chi connectivity index (χ0n) is 13.1. The summed E-state index contributed by atoms with van der Waals surface area (Å²) in [6.45, 7) is 7.00. The van der Waals surface area contributed by atoms with E-state index in [0.29, 0.717) is 19.4 Å². The van der Waals surface area contributed by atoms with Crippen LogP contribution >= 0.6 is 0 Å². The lowest BCUT2D eigenvalue weighted by Crippen LogP contribution is -2.47. The SMILES string of the molecule is C[C@@H](OS(C)(=O)=O)C(=O)N1CCC[C@H]1C(=O)OC(C)(C)C. The number of carbonyl (C=O) groups excluding carboxylic acids is 2. The van der Waals surface area contributed by atoms with Crippen LogP contribution in [0.25, 0.3) is 0 Å². The fraction of sp³-hybridized carbons (Fsp3) is 0.846. The van der Waals surface area contributed by atoms with E-state index in [9.17, 15) is 18.0 Å². The summed E-state index contributed by atoms with van der Waals surface area (Å²) in [4.78, 5) is 25.7. The zero-order valence-corrected chi connectivity index (χ0v) is 13.9. The van der Waals surface area contributed by atoms with Gasteiger partial charge < -0.3 is 9.64 Å². The zero-order chi connectivity index (χ0) is 16.4. The molecule has 0 aliphatic carbocycles. The number of amides is 1. The van der Waals surface area contributed by atoms with Crippen LogP contribution in [0.3, 0.4) is 0 Å². The molecule has 0 N–H and O–H groups in total. The second-order valence-corrected chi connectivity index (χ2v) is 7.77. The molecule has 7 nitrogen and oxygen atoms in total. The molecule has 0 aromatic rings. The largest absolute Gasteiger partial charge is 0.458 e. The molecule has 1 rings (SSSR count). The van der Waals surface area contributed by atoms with Crippen LogP contribution in [0.2, 0.25) is 0 Å². The number of likely N-dealkylation sites (tertiary alicyclic amines) is 1. The lowest BCUT2D eigenvalue weighted by atomic mass is 10.1. The Kier molecular flexibility index (Phi) is 5.38. The normalized spacial score (nSPS) is 21.2. The second kappa shape index (κ2) is 6.31. The van der Waals surface area contributed by atoms with Crippen molar-refractivity contribution in [2.24, 2.45) is 0 Å². The average molecular weight is 321 g/mol. The monoisotopic (exact) mass is 321 g/mol. The molecule has 0 bridgehead atoms. The first kappa shape index (κ1) is 17.9. The molecule has 1 amide bonds. The highest BCUT2D eigenvalue weighted by molar-refractivity contribution is 7.86. The highest BCUT2D eigenvalue weighted by atomic mass is 32.2. The van der Waals surface area contributed by atoms with Gasteiger partial charge >= 0.3 is 5.97 Å². The molecule has 1 aliphatic heterocycles. The molecule has 0 saturated carbocycles. The molecule has 0 spiro atoms. The van der Waals surface area contributed by atoms with Gasteiger partial charge in [0.25, 0.3) is 16.0 Å². The van der Waals surface area contributed by atoms with E-state index in [0.717, 1.165) is 6.26 Å². The smallest absolute Gasteiger partial charge is 0.329 e. The summed E-state index contributed by atoms with van der Waals surface area (Å²) in [7, 11) is -3.73. The molecular formula is C13H23NO6S. The van der Waals surface area contributed by atoms with Gasteiger partial charge in [0, 0.05) is 6.54 Å². The van der Waals surface area contributed by atoms with Crippen LogP contribution in [0.1, 0.15) is 40.5 Å². The Morgan fingerprint density at radius 2 is 1.86 bits per heavy atom. The van der Waals surface area contributed by atoms with Crippen molar-refractivity contribution in [3.63, 3.8) is 0 Å². The minimum absolute atomic E-state index is 0.389. The van der Waals surface area contributed by atoms with E-state index in [1.165, 1.54) is 11.8 Å². The van der Waals surface area contributed by atoms with E-state index in [1.54, 1.807) is 20.8 Å². The van der Waals surface area contributed by atoms with E-state index in [2.05, 4.69) is 4.18 Å².